The van der Waals surface area contributed by atoms with Gasteiger partial charge >= 0.3 is 0 Å². The smallest absolute Gasteiger partial charge is 0.240 e. The lowest BCUT2D eigenvalue weighted by molar-refractivity contribution is -0.117. The molecule has 0 saturated carbocycles. The molecule has 8 heteroatoms. The summed E-state index contributed by atoms with van der Waals surface area (Å²) in [7, 11) is 6.03. The zero-order chi connectivity index (χ0) is 20.8. The Morgan fingerprint density at radius 2 is 1.57 bits per heavy atom. The van der Waals surface area contributed by atoms with Crippen LogP contribution in [0, 0.1) is 0 Å². The summed E-state index contributed by atoms with van der Waals surface area (Å²) >= 11 is 3.34. The molecule has 2 aromatic carbocycles. The monoisotopic (exact) mass is 453 g/mol. The molecule has 0 aliphatic carbocycles. The minimum Gasteiger partial charge on any atom is -0.504 e. The number of benzene rings is 2. The van der Waals surface area contributed by atoms with Crippen LogP contribution < -0.4 is 23.8 Å². The third-order valence-electron chi connectivity index (χ3n) is 4.15. The molecule has 2 aromatic rings. The fraction of sp³-hybridized carbons (Fsp3) is 0.350. The Bertz CT molecular complexity index is 814. The first-order chi connectivity index (χ1) is 13.4. The number of aromatic hydroxyl groups is 1. The van der Waals surface area contributed by atoms with Crippen molar-refractivity contribution in [1.82, 2.24) is 0 Å². The van der Waals surface area contributed by atoms with E-state index in [1.807, 2.05) is 0 Å². The molecule has 1 atom stereocenters. The molecule has 0 saturated heterocycles. The number of hydrogen-bond acceptors (Lipinski definition) is 6. The highest BCUT2D eigenvalue weighted by Gasteiger charge is 2.24. The van der Waals surface area contributed by atoms with Crippen molar-refractivity contribution >= 4 is 27.5 Å². The summed E-state index contributed by atoms with van der Waals surface area (Å²) in [6, 6.07) is 8.42. The third-order valence-corrected chi connectivity index (χ3v) is 4.54. The van der Waals surface area contributed by atoms with Crippen molar-refractivity contribution in [2.45, 2.75) is 18.3 Å². The van der Waals surface area contributed by atoms with Gasteiger partial charge in [0, 0.05) is 12.1 Å². The quantitative estimate of drug-likeness (QED) is 0.613. The van der Waals surface area contributed by atoms with E-state index in [0.717, 1.165) is 5.56 Å². The molecule has 0 spiro atoms. The fourth-order valence-electron chi connectivity index (χ4n) is 2.75. The van der Waals surface area contributed by atoms with Gasteiger partial charge in [-0.25, -0.2) is 0 Å². The zero-order valence-electron chi connectivity index (χ0n) is 16.5. The number of halogens is 1. The summed E-state index contributed by atoms with van der Waals surface area (Å²) in [5.74, 6) is 1.52. The van der Waals surface area contributed by atoms with Crippen LogP contribution in [0.1, 0.15) is 12.5 Å². The summed E-state index contributed by atoms with van der Waals surface area (Å²) in [5, 5.41) is 10.1. The van der Waals surface area contributed by atoms with E-state index in [2.05, 4.69) is 15.9 Å². The Labute approximate surface area is 172 Å². The Balaban J connectivity index is 2.52. The van der Waals surface area contributed by atoms with Gasteiger partial charge in [0.1, 0.15) is 0 Å². The maximum Gasteiger partial charge on any atom is 0.240 e. The van der Waals surface area contributed by atoms with E-state index in [0.29, 0.717) is 28.7 Å². The molecule has 1 amide bonds. The number of carbonyl (C=O) groups excluding carboxylic acids is 1. The van der Waals surface area contributed by atoms with E-state index in [-0.39, 0.29) is 18.2 Å². The van der Waals surface area contributed by atoms with E-state index >= 15 is 0 Å². The Hall–Kier alpha value is -2.61. The van der Waals surface area contributed by atoms with Gasteiger partial charge in [0.2, 0.25) is 11.7 Å². The van der Waals surface area contributed by atoms with E-state index < -0.39 is 4.83 Å². The second-order valence-electron chi connectivity index (χ2n) is 5.93. The molecule has 0 heterocycles. The van der Waals surface area contributed by atoms with E-state index in [1.165, 1.54) is 28.4 Å². The van der Waals surface area contributed by atoms with Crippen LogP contribution in [0.5, 0.6) is 28.7 Å². The maximum absolute atomic E-state index is 12.9. The Morgan fingerprint density at radius 3 is 2.00 bits per heavy atom. The fourth-order valence-corrected chi connectivity index (χ4v) is 3.00. The second-order valence-corrected chi connectivity index (χ2v) is 7.30. The summed E-state index contributed by atoms with van der Waals surface area (Å²) < 4.78 is 21.2. The minimum atomic E-state index is -0.418. The minimum absolute atomic E-state index is 0.00387. The van der Waals surface area contributed by atoms with Crippen molar-refractivity contribution in [2.75, 3.05) is 33.3 Å². The van der Waals surface area contributed by atoms with Crippen LogP contribution in [0.2, 0.25) is 0 Å². The molecule has 0 aromatic heterocycles. The Kier molecular flexibility index (Phi) is 7.39. The van der Waals surface area contributed by atoms with Crippen LogP contribution in [0.3, 0.4) is 0 Å². The van der Waals surface area contributed by atoms with Crippen molar-refractivity contribution in [3.8, 4) is 28.7 Å². The van der Waals surface area contributed by atoms with E-state index in [9.17, 15) is 9.90 Å². The number of methoxy groups -OCH3 is 4. The molecule has 7 nitrogen and oxygen atoms in total. The van der Waals surface area contributed by atoms with Gasteiger partial charge < -0.3 is 29.0 Å². The van der Waals surface area contributed by atoms with E-state index in [4.69, 9.17) is 18.9 Å². The van der Waals surface area contributed by atoms with Crippen molar-refractivity contribution in [3.63, 3.8) is 0 Å². The normalized spacial score (nSPS) is 11.5. The van der Waals surface area contributed by atoms with Gasteiger partial charge in [-0.15, -0.1) is 0 Å². The number of anilines is 1. The first kappa shape index (κ1) is 21.7. The average Bonchev–Trinajstić information content (AvgIpc) is 2.70. The van der Waals surface area contributed by atoms with Gasteiger partial charge in [0.15, 0.2) is 23.0 Å². The average molecular weight is 454 g/mol. The standard InChI is InChI=1S/C20H24BrNO6/c1-12(21)20(24)22(11-13-6-7-16(25-2)15(23)8-13)14-9-17(26-3)19(28-5)18(10-14)27-4/h6-10,12,23H,11H2,1-5H3. The first-order valence-electron chi connectivity index (χ1n) is 8.47. The largest absolute Gasteiger partial charge is 0.504 e. The molecule has 0 radical (unpaired) electrons. The number of ether oxygens (including phenoxy) is 4. The molecule has 0 aliphatic heterocycles. The lowest BCUT2D eigenvalue weighted by Gasteiger charge is -2.26. The molecule has 1 N–H and O–H groups in total. The highest BCUT2D eigenvalue weighted by atomic mass is 79.9. The van der Waals surface area contributed by atoms with Crippen LogP contribution in [-0.2, 0) is 11.3 Å². The van der Waals surface area contributed by atoms with Gasteiger partial charge in [-0.1, -0.05) is 22.0 Å². The van der Waals surface area contributed by atoms with Crippen molar-refractivity contribution < 1.29 is 28.8 Å². The van der Waals surface area contributed by atoms with Crippen LogP contribution >= 0.6 is 15.9 Å². The van der Waals surface area contributed by atoms with Gasteiger partial charge in [-0.05, 0) is 24.6 Å². The number of amides is 1. The number of nitrogens with zero attached hydrogens (tertiary/aromatic N) is 1. The molecule has 28 heavy (non-hydrogen) atoms. The predicted molar refractivity (Wildman–Crippen MR) is 110 cm³/mol. The van der Waals surface area contributed by atoms with Crippen molar-refractivity contribution in [1.29, 1.82) is 0 Å². The number of hydrogen-bond donors (Lipinski definition) is 1. The highest BCUT2D eigenvalue weighted by Crippen LogP contribution is 2.41. The van der Waals surface area contributed by atoms with Crippen LogP contribution in [0.25, 0.3) is 0 Å². The van der Waals surface area contributed by atoms with Crippen molar-refractivity contribution in [2.24, 2.45) is 0 Å². The summed E-state index contributed by atoms with van der Waals surface area (Å²) in [6.07, 6.45) is 0. The van der Waals surface area contributed by atoms with Gasteiger partial charge in [0.25, 0.3) is 0 Å². The molecule has 0 aliphatic rings. The van der Waals surface area contributed by atoms with E-state index in [1.54, 1.807) is 42.2 Å². The predicted octanol–water partition coefficient (Wildman–Crippen LogP) is 3.74. The molecular formula is C20H24BrNO6. The van der Waals surface area contributed by atoms with Crippen LogP contribution in [0.4, 0.5) is 5.69 Å². The van der Waals surface area contributed by atoms with Gasteiger partial charge in [-0.2, -0.15) is 0 Å². The molecule has 0 bridgehead atoms. The Morgan fingerprint density at radius 1 is 1.00 bits per heavy atom. The lowest BCUT2D eigenvalue weighted by atomic mass is 10.1. The lowest BCUT2D eigenvalue weighted by Crippen LogP contribution is -2.35. The molecular weight excluding hydrogens is 430 g/mol. The van der Waals surface area contributed by atoms with Crippen molar-refractivity contribution in [3.05, 3.63) is 35.9 Å². The number of phenolic OH excluding ortho intramolecular Hbond substituents is 1. The topological polar surface area (TPSA) is 77.5 Å². The third kappa shape index (κ3) is 4.62. The number of alkyl halides is 1. The maximum atomic E-state index is 12.9. The summed E-state index contributed by atoms with van der Waals surface area (Å²) in [4.78, 5) is 14.0. The first-order valence-corrected chi connectivity index (χ1v) is 9.39. The summed E-state index contributed by atoms with van der Waals surface area (Å²) in [5.41, 5.74) is 1.30. The second kappa shape index (κ2) is 9.54. The van der Waals surface area contributed by atoms with Gasteiger partial charge in [-0.3, -0.25) is 4.79 Å². The zero-order valence-corrected chi connectivity index (χ0v) is 18.1. The SMILES string of the molecule is COc1ccc(CN(C(=O)C(C)Br)c2cc(OC)c(OC)c(OC)c2)cc1O. The molecule has 0 fully saturated rings. The van der Waals surface area contributed by atoms with Gasteiger partial charge in [0.05, 0.1) is 45.5 Å². The molecule has 1 unspecified atom stereocenters. The highest BCUT2D eigenvalue weighted by molar-refractivity contribution is 9.10. The van der Waals surface area contributed by atoms with Crippen LogP contribution in [-0.4, -0.2) is 44.3 Å². The number of rotatable bonds is 8. The number of carbonyl (C=O) groups is 1. The molecule has 152 valence electrons. The summed E-state index contributed by atoms with van der Waals surface area (Å²) in [6.45, 7) is 1.98. The number of phenols is 1. The van der Waals surface area contributed by atoms with Crippen LogP contribution in [0.15, 0.2) is 30.3 Å². The molecule has 2 rings (SSSR count).